The molecule has 1 fully saturated rings. The highest BCUT2D eigenvalue weighted by molar-refractivity contribution is 6.61. The first-order valence-electron chi connectivity index (χ1n) is 9.50. The van der Waals surface area contributed by atoms with Crippen LogP contribution in [-0.2, 0) is 11.3 Å². The monoisotopic (exact) mass is 363 g/mol. The van der Waals surface area contributed by atoms with Crippen LogP contribution < -0.4 is 14.9 Å². The van der Waals surface area contributed by atoms with Gasteiger partial charge in [-0.25, -0.2) is 0 Å². The smallest absolute Gasteiger partial charge is 0.489 e. The first-order valence-corrected chi connectivity index (χ1v) is 9.50. The number of benzene rings is 2. The summed E-state index contributed by atoms with van der Waals surface area (Å²) in [6.07, 6.45) is 6.23. The average molecular weight is 363 g/mol. The first-order chi connectivity index (χ1) is 13.2. The van der Waals surface area contributed by atoms with Crippen molar-refractivity contribution < 1.29 is 19.2 Å². The van der Waals surface area contributed by atoms with Crippen molar-refractivity contribution in [1.82, 2.24) is 0 Å². The molecule has 0 radical (unpaired) electrons. The predicted molar refractivity (Wildman–Crippen MR) is 102 cm³/mol. The second kappa shape index (κ2) is 8.04. The van der Waals surface area contributed by atoms with Crippen molar-refractivity contribution in [3.8, 4) is 23.3 Å². The molecule has 0 unspecified atom stereocenters. The van der Waals surface area contributed by atoms with Crippen molar-refractivity contribution in [1.29, 1.82) is 5.26 Å². The Morgan fingerprint density at radius 2 is 1.96 bits per heavy atom. The van der Waals surface area contributed by atoms with Gasteiger partial charge >= 0.3 is 7.12 Å². The highest BCUT2D eigenvalue weighted by Crippen LogP contribution is 2.34. The van der Waals surface area contributed by atoms with Gasteiger partial charge in [0, 0.05) is 6.07 Å². The van der Waals surface area contributed by atoms with Crippen LogP contribution in [0.15, 0.2) is 36.4 Å². The van der Waals surface area contributed by atoms with Crippen LogP contribution in [0.4, 0.5) is 0 Å². The predicted octanol–water partition coefficient (Wildman–Crippen LogP) is 3.53. The lowest BCUT2D eigenvalue weighted by molar-refractivity contribution is 0.204. The van der Waals surface area contributed by atoms with E-state index in [2.05, 4.69) is 6.07 Å². The standard InChI is InChI=1S/C21H22BNO4/c23-12-16-6-9-20(21(10-16)25-13-15-4-2-1-3-5-15)27-18-7-8-19-17(11-18)14-26-22(19)24/h6-11,15,24H,1-5,13-14H2. The molecule has 0 saturated heterocycles. The van der Waals surface area contributed by atoms with Crippen molar-refractivity contribution in [3.05, 3.63) is 47.5 Å². The van der Waals surface area contributed by atoms with Crippen molar-refractivity contribution in [3.63, 3.8) is 0 Å². The molecule has 4 rings (SSSR count). The fourth-order valence-electron chi connectivity index (χ4n) is 3.73. The van der Waals surface area contributed by atoms with Crippen LogP contribution in [0.3, 0.4) is 0 Å². The van der Waals surface area contributed by atoms with Crippen molar-refractivity contribution >= 4 is 12.6 Å². The number of fused-ring (bicyclic) bond motifs is 1. The molecule has 2 aromatic rings. The lowest BCUT2D eigenvalue weighted by Crippen LogP contribution is -2.27. The van der Waals surface area contributed by atoms with Gasteiger partial charge in [-0.3, -0.25) is 0 Å². The van der Waals surface area contributed by atoms with E-state index in [0.717, 1.165) is 11.0 Å². The molecule has 1 aliphatic carbocycles. The molecule has 2 aromatic carbocycles. The zero-order valence-electron chi connectivity index (χ0n) is 15.2. The average Bonchev–Trinajstić information content (AvgIpc) is 3.08. The molecule has 1 saturated carbocycles. The van der Waals surface area contributed by atoms with Crippen LogP contribution in [0, 0.1) is 17.2 Å². The Morgan fingerprint density at radius 1 is 1.11 bits per heavy atom. The normalized spacial score (nSPS) is 16.7. The Kier molecular flexibility index (Phi) is 5.33. The van der Waals surface area contributed by atoms with E-state index in [-0.39, 0.29) is 0 Å². The van der Waals surface area contributed by atoms with Crippen LogP contribution in [0.25, 0.3) is 0 Å². The molecule has 1 heterocycles. The van der Waals surface area contributed by atoms with Crippen molar-refractivity contribution in [2.45, 2.75) is 38.7 Å². The largest absolute Gasteiger partial charge is 0.491 e. The zero-order valence-corrected chi connectivity index (χ0v) is 15.2. The van der Waals surface area contributed by atoms with E-state index >= 15 is 0 Å². The molecule has 6 heteroatoms. The van der Waals surface area contributed by atoms with E-state index in [0.29, 0.717) is 41.9 Å². The van der Waals surface area contributed by atoms with Gasteiger partial charge in [0.25, 0.3) is 0 Å². The summed E-state index contributed by atoms with van der Waals surface area (Å²) in [6.45, 7) is 1.02. The van der Waals surface area contributed by atoms with Gasteiger partial charge in [0.05, 0.1) is 24.8 Å². The third kappa shape index (κ3) is 4.10. The number of hydrogen-bond acceptors (Lipinski definition) is 5. The number of nitriles is 1. The summed E-state index contributed by atoms with van der Waals surface area (Å²) in [6, 6.07) is 12.9. The zero-order chi connectivity index (χ0) is 18.6. The van der Waals surface area contributed by atoms with E-state index in [1.807, 2.05) is 12.1 Å². The van der Waals surface area contributed by atoms with Gasteiger partial charge < -0.3 is 19.2 Å². The molecule has 0 bridgehead atoms. The summed E-state index contributed by atoms with van der Waals surface area (Å²) in [5.74, 6) is 2.40. The fourth-order valence-corrected chi connectivity index (χ4v) is 3.73. The Morgan fingerprint density at radius 3 is 2.78 bits per heavy atom. The Labute approximate surface area is 159 Å². The van der Waals surface area contributed by atoms with Gasteiger partial charge in [-0.1, -0.05) is 25.3 Å². The maximum Gasteiger partial charge on any atom is 0.491 e. The molecule has 0 aromatic heterocycles. The summed E-state index contributed by atoms with van der Waals surface area (Å²) in [4.78, 5) is 0. The Bertz CT molecular complexity index is 858. The minimum Gasteiger partial charge on any atom is -0.489 e. The van der Waals surface area contributed by atoms with E-state index in [1.165, 1.54) is 32.1 Å². The fraction of sp³-hybridized carbons (Fsp3) is 0.381. The topological polar surface area (TPSA) is 71.7 Å². The first kappa shape index (κ1) is 17.9. The highest BCUT2D eigenvalue weighted by atomic mass is 16.5. The van der Waals surface area contributed by atoms with Crippen LogP contribution in [0.5, 0.6) is 17.2 Å². The summed E-state index contributed by atoms with van der Waals surface area (Å²) in [5, 5.41) is 19.0. The summed E-state index contributed by atoms with van der Waals surface area (Å²) in [5.41, 5.74) is 2.24. The number of nitrogens with zero attached hydrogens (tertiary/aromatic N) is 1. The van der Waals surface area contributed by atoms with Gasteiger partial charge in [-0.15, -0.1) is 0 Å². The van der Waals surface area contributed by atoms with E-state index in [9.17, 15) is 10.3 Å². The molecular formula is C21H22BNO4. The molecule has 0 amide bonds. The summed E-state index contributed by atoms with van der Waals surface area (Å²) in [7, 11) is -0.863. The van der Waals surface area contributed by atoms with Gasteiger partial charge in [0.1, 0.15) is 5.75 Å². The van der Waals surface area contributed by atoms with Gasteiger partial charge in [-0.05, 0) is 54.1 Å². The third-order valence-corrected chi connectivity index (χ3v) is 5.28. The SMILES string of the molecule is N#Cc1ccc(Oc2ccc3c(c2)COB3O)c(OCC2CCCCC2)c1. The molecular weight excluding hydrogens is 341 g/mol. The quantitative estimate of drug-likeness (QED) is 0.823. The molecule has 0 atom stereocenters. The van der Waals surface area contributed by atoms with E-state index in [1.54, 1.807) is 24.3 Å². The van der Waals surface area contributed by atoms with Gasteiger partial charge in [-0.2, -0.15) is 5.26 Å². The van der Waals surface area contributed by atoms with Crippen LogP contribution in [-0.4, -0.2) is 18.7 Å². The Balaban J connectivity index is 1.52. The van der Waals surface area contributed by atoms with Crippen LogP contribution in [0.2, 0.25) is 0 Å². The highest BCUT2D eigenvalue weighted by Gasteiger charge is 2.27. The third-order valence-electron chi connectivity index (χ3n) is 5.28. The van der Waals surface area contributed by atoms with Gasteiger partial charge in [0.15, 0.2) is 11.5 Å². The molecule has 5 nitrogen and oxygen atoms in total. The minimum atomic E-state index is -0.863. The Hall–Kier alpha value is -2.49. The van der Waals surface area contributed by atoms with Crippen LogP contribution >= 0.6 is 0 Å². The lowest BCUT2D eigenvalue weighted by Gasteiger charge is -2.22. The molecule has 2 aliphatic rings. The lowest BCUT2D eigenvalue weighted by atomic mass is 9.80. The number of rotatable bonds is 5. The summed E-state index contributed by atoms with van der Waals surface area (Å²) >= 11 is 0. The molecule has 1 aliphatic heterocycles. The van der Waals surface area contributed by atoms with Gasteiger partial charge in [0.2, 0.25) is 0 Å². The molecule has 27 heavy (non-hydrogen) atoms. The second-order valence-corrected chi connectivity index (χ2v) is 7.21. The number of hydrogen-bond donors (Lipinski definition) is 1. The maximum atomic E-state index is 9.74. The summed E-state index contributed by atoms with van der Waals surface area (Å²) < 4.78 is 17.3. The van der Waals surface area contributed by atoms with Crippen LogP contribution in [0.1, 0.15) is 43.2 Å². The molecule has 1 N–H and O–H groups in total. The van der Waals surface area contributed by atoms with Crippen molar-refractivity contribution in [2.75, 3.05) is 6.61 Å². The van der Waals surface area contributed by atoms with Crippen molar-refractivity contribution in [2.24, 2.45) is 5.92 Å². The van der Waals surface area contributed by atoms with E-state index in [4.69, 9.17) is 14.1 Å². The molecule has 138 valence electrons. The number of ether oxygens (including phenoxy) is 2. The maximum absolute atomic E-state index is 9.74. The second-order valence-electron chi connectivity index (χ2n) is 7.21. The minimum absolute atomic E-state index is 0.367. The van der Waals surface area contributed by atoms with E-state index < -0.39 is 7.12 Å². The molecule has 0 spiro atoms.